The van der Waals surface area contributed by atoms with Gasteiger partial charge in [0.1, 0.15) is 0 Å². The van der Waals surface area contributed by atoms with Gasteiger partial charge in [-0.3, -0.25) is 9.52 Å². The van der Waals surface area contributed by atoms with Crippen LogP contribution < -0.4 is 4.72 Å². The van der Waals surface area contributed by atoms with E-state index in [1.807, 2.05) is 0 Å². The number of sulfonamides is 1. The Morgan fingerprint density at radius 1 is 1.41 bits per heavy atom. The zero-order chi connectivity index (χ0) is 12.9. The van der Waals surface area contributed by atoms with Crippen molar-refractivity contribution in [2.45, 2.75) is 0 Å². The van der Waals surface area contributed by atoms with Crippen molar-refractivity contribution in [1.82, 2.24) is 0 Å². The summed E-state index contributed by atoms with van der Waals surface area (Å²) in [6, 6.07) is 5.85. The maximum atomic E-state index is 11.4. The summed E-state index contributed by atoms with van der Waals surface area (Å²) in [7, 11) is -3.33. The quantitative estimate of drug-likeness (QED) is 0.372. The molecule has 90 valence electrons. The third-order valence-corrected chi connectivity index (χ3v) is 2.39. The molecule has 0 aliphatic rings. The SMILES string of the molecule is CS(=O)(=O)Nc1ccc(C(=O)CN=[N+]=[N-])cc1. The van der Waals surface area contributed by atoms with Crippen LogP contribution in [0, 0.1) is 0 Å². The van der Waals surface area contributed by atoms with Crippen LogP contribution in [-0.4, -0.2) is 27.0 Å². The second kappa shape index (κ2) is 5.33. The van der Waals surface area contributed by atoms with Crippen LogP contribution in [0.5, 0.6) is 0 Å². The van der Waals surface area contributed by atoms with Crippen LogP contribution in [0.25, 0.3) is 10.4 Å². The van der Waals surface area contributed by atoms with Gasteiger partial charge in [0.05, 0.1) is 12.8 Å². The highest BCUT2D eigenvalue weighted by Crippen LogP contribution is 2.11. The van der Waals surface area contributed by atoms with Gasteiger partial charge in [0.2, 0.25) is 10.0 Å². The Bertz CT molecular complexity index is 558. The first-order chi connectivity index (χ1) is 7.92. The average Bonchev–Trinajstić information content (AvgIpc) is 2.24. The van der Waals surface area contributed by atoms with Gasteiger partial charge in [-0.25, -0.2) is 8.42 Å². The molecule has 0 radical (unpaired) electrons. The smallest absolute Gasteiger partial charge is 0.229 e. The Hall–Kier alpha value is -2.05. The first-order valence-electron chi connectivity index (χ1n) is 4.54. The Morgan fingerprint density at radius 2 is 2.00 bits per heavy atom. The predicted molar refractivity (Wildman–Crippen MR) is 63.3 cm³/mol. The summed E-state index contributed by atoms with van der Waals surface area (Å²) in [6.07, 6.45) is 1.04. The maximum absolute atomic E-state index is 11.4. The number of benzene rings is 1. The van der Waals surface area contributed by atoms with Crippen LogP contribution in [-0.2, 0) is 10.0 Å². The molecule has 8 heteroatoms. The van der Waals surface area contributed by atoms with Gasteiger partial charge in [-0.2, -0.15) is 0 Å². The van der Waals surface area contributed by atoms with E-state index in [-0.39, 0.29) is 12.3 Å². The molecule has 1 aromatic rings. The molecule has 0 heterocycles. The van der Waals surface area contributed by atoms with Gasteiger partial charge in [-0.1, -0.05) is 5.11 Å². The standard InChI is InChI=1S/C9H10N4O3S/c1-17(15,16)12-8-4-2-7(3-5-8)9(14)6-11-13-10/h2-5,12H,6H2,1H3. The summed E-state index contributed by atoms with van der Waals surface area (Å²) < 4.78 is 24.1. The molecule has 0 aliphatic carbocycles. The largest absolute Gasteiger partial charge is 0.294 e. The van der Waals surface area contributed by atoms with E-state index in [0.717, 1.165) is 6.26 Å². The lowest BCUT2D eigenvalue weighted by molar-refractivity contribution is 0.100. The molecule has 0 saturated carbocycles. The molecule has 17 heavy (non-hydrogen) atoms. The van der Waals surface area contributed by atoms with Crippen LogP contribution in [0.15, 0.2) is 29.4 Å². The van der Waals surface area contributed by atoms with E-state index in [9.17, 15) is 13.2 Å². The van der Waals surface area contributed by atoms with E-state index in [2.05, 4.69) is 14.7 Å². The van der Waals surface area contributed by atoms with Crippen LogP contribution >= 0.6 is 0 Å². The topological polar surface area (TPSA) is 112 Å². The van der Waals surface area contributed by atoms with Gasteiger partial charge in [-0.05, 0) is 29.8 Å². The summed E-state index contributed by atoms with van der Waals surface area (Å²) in [5.41, 5.74) is 8.79. The Kier molecular flexibility index (Phi) is 4.08. The number of carbonyl (C=O) groups is 1. The van der Waals surface area contributed by atoms with Crippen LogP contribution in [0.2, 0.25) is 0 Å². The van der Waals surface area contributed by atoms with E-state index in [1.54, 1.807) is 0 Å². The fourth-order valence-electron chi connectivity index (χ4n) is 1.13. The van der Waals surface area contributed by atoms with Gasteiger partial charge >= 0.3 is 0 Å². The summed E-state index contributed by atoms with van der Waals surface area (Å²) >= 11 is 0. The minimum atomic E-state index is -3.33. The van der Waals surface area contributed by atoms with Gasteiger partial charge in [0.25, 0.3) is 0 Å². The van der Waals surface area contributed by atoms with E-state index in [0.29, 0.717) is 11.3 Å². The van der Waals surface area contributed by atoms with E-state index >= 15 is 0 Å². The van der Waals surface area contributed by atoms with Crippen molar-refractivity contribution in [2.24, 2.45) is 5.11 Å². The highest BCUT2D eigenvalue weighted by atomic mass is 32.2. The third-order valence-electron chi connectivity index (χ3n) is 1.79. The highest BCUT2D eigenvalue weighted by Gasteiger charge is 2.05. The molecular formula is C9H10N4O3S. The molecule has 0 aliphatic heterocycles. The lowest BCUT2D eigenvalue weighted by atomic mass is 10.1. The fraction of sp³-hybridized carbons (Fsp3) is 0.222. The summed E-state index contributed by atoms with van der Waals surface area (Å²) in [4.78, 5) is 13.9. The second-order valence-corrected chi connectivity index (χ2v) is 5.01. The Morgan fingerprint density at radius 3 is 2.47 bits per heavy atom. The second-order valence-electron chi connectivity index (χ2n) is 3.26. The number of nitrogens with zero attached hydrogens (tertiary/aromatic N) is 3. The molecule has 0 saturated heterocycles. The molecule has 7 nitrogen and oxygen atoms in total. The monoisotopic (exact) mass is 254 g/mol. The molecule has 1 N–H and O–H groups in total. The van der Waals surface area contributed by atoms with Crippen LogP contribution in [0.1, 0.15) is 10.4 Å². The number of hydrogen-bond acceptors (Lipinski definition) is 4. The number of azide groups is 1. The first kappa shape index (κ1) is 13.0. The number of nitrogens with one attached hydrogen (secondary N) is 1. The van der Waals surface area contributed by atoms with Crippen molar-refractivity contribution in [3.05, 3.63) is 40.3 Å². The number of carbonyl (C=O) groups excluding carboxylic acids is 1. The van der Waals surface area contributed by atoms with Crippen LogP contribution in [0.4, 0.5) is 5.69 Å². The lowest BCUT2D eigenvalue weighted by Gasteiger charge is -2.04. The van der Waals surface area contributed by atoms with E-state index < -0.39 is 10.0 Å². The van der Waals surface area contributed by atoms with E-state index in [4.69, 9.17) is 5.53 Å². The Balaban J connectivity index is 2.81. The third kappa shape index (κ3) is 4.54. The van der Waals surface area contributed by atoms with Crippen molar-refractivity contribution >= 4 is 21.5 Å². The molecule has 0 spiro atoms. The molecule has 0 aromatic heterocycles. The molecule has 0 fully saturated rings. The molecule has 0 bridgehead atoms. The molecule has 0 amide bonds. The summed E-state index contributed by atoms with van der Waals surface area (Å²) in [5, 5.41) is 3.15. The van der Waals surface area contributed by atoms with E-state index in [1.165, 1.54) is 24.3 Å². The number of ketones is 1. The lowest BCUT2D eigenvalue weighted by Crippen LogP contribution is -2.10. The van der Waals surface area contributed by atoms with Crippen molar-refractivity contribution in [1.29, 1.82) is 0 Å². The zero-order valence-electron chi connectivity index (χ0n) is 8.99. The van der Waals surface area contributed by atoms with Crippen molar-refractivity contribution in [3.8, 4) is 0 Å². The zero-order valence-corrected chi connectivity index (χ0v) is 9.81. The van der Waals surface area contributed by atoms with Crippen molar-refractivity contribution in [3.63, 3.8) is 0 Å². The fourth-order valence-corrected chi connectivity index (χ4v) is 1.69. The van der Waals surface area contributed by atoms with Gasteiger partial charge in [0, 0.05) is 16.2 Å². The molecule has 1 aromatic carbocycles. The number of hydrogen-bond donors (Lipinski definition) is 1. The van der Waals surface area contributed by atoms with Crippen molar-refractivity contribution < 1.29 is 13.2 Å². The number of Topliss-reactive ketones (excluding diaryl/α,β-unsaturated/α-hetero) is 1. The van der Waals surface area contributed by atoms with Gasteiger partial charge in [0.15, 0.2) is 5.78 Å². The molecular weight excluding hydrogens is 244 g/mol. The normalized spacial score (nSPS) is 10.4. The van der Waals surface area contributed by atoms with Gasteiger partial charge < -0.3 is 0 Å². The first-order valence-corrected chi connectivity index (χ1v) is 6.43. The minimum Gasteiger partial charge on any atom is -0.294 e. The average molecular weight is 254 g/mol. The molecule has 1 rings (SSSR count). The maximum Gasteiger partial charge on any atom is 0.229 e. The van der Waals surface area contributed by atoms with Crippen molar-refractivity contribution in [2.75, 3.05) is 17.5 Å². The summed E-state index contributed by atoms with van der Waals surface area (Å²) in [6.45, 7) is -0.255. The predicted octanol–water partition coefficient (Wildman–Crippen LogP) is 1.55. The van der Waals surface area contributed by atoms with Gasteiger partial charge in [-0.15, -0.1) is 0 Å². The minimum absolute atomic E-state index is 0.255. The summed E-state index contributed by atoms with van der Waals surface area (Å²) in [5.74, 6) is -0.325. The Labute approximate surface area is 98.1 Å². The number of rotatable bonds is 5. The molecule has 0 unspecified atom stereocenters. The van der Waals surface area contributed by atoms with Crippen LogP contribution in [0.3, 0.4) is 0 Å². The number of anilines is 1. The highest BCUT2D eigenvalue weighted by molar-refractivity contribution is 7.92. The molecule has 0 atom stereocenters.